The van der Waals surface area contributed by atoms with Gasteiger partial charge in [-0.15, -0.1) is 0 Å². The summed E-state index contributed by atoms with van der Waals surface area (Å²) in [7, 11) is 0. The Labute approximate surface area is 99.4 Å². The van der Waals surface area contributed by atoms with Crippen LogP contribution in [0.3, 0.4) is 0 Å². The summed E-state index contributed by atoms with van der Waals surface area (Å²) in [6.45, 7) is 7.99. The molecule has 3 nitrogen and oxygen atoms in total. The van der Waals surface area contributed by atoms with Crippen molar-refractivity contribution in [3.8, 4) is 0 Å². The average molecular weight is 226 g/mol. The highest BCUT2D eigenvalue weighted by atomic mass is 16.3. The van der Waals surface area contributed by atoms with Crippen LogP contribution in [0.5, 0.6) is 0 Å². The number of likely N-dealkylation sites (tertiary alicyclic amines) is 2. The van der Waals surface area contributed by atoms with Crippen molar-refractivity contribution in [1.82, 2.24) is 9.80 Å². The third-order valence-electron chi connectivity index (χ3n) is 4.11. The van der Waals surface area contributed by atoms with Gasteiger partial charge in [-0.25, -0.2) is 0 Å². The van der Waals surface area contributed by atoms with Crippen LogP contribution in [0.4, 0.5) is 0 Å². The maximum absolute atomic E-state index is 9.07. The lowest BCUT2D eigenvalue weighted by Gasteiger charge is -2.31. The van der Waals surface area contributed by atoms with E-state index in [1.54, 1.807) is 0 Å². The molecule has 1 N–H and O–H groups in total. The molecular weight excluding hydrogens is 200 g/mol. The summed E-state index contributed by atoms with van der Waals surface area (Å²) in [6, 6.07) is 0. The lowest BCUT2D eigenvalue weighted by Crippen LogP contribution is -2.36. The van der Waals surface area contributed by atoms with Crippen LogP contribution in [0.15, 0.2) is 0 Å². The van der Waals surface area contributed by atoms with Gasteiger partial charge in [0, 0.05) is 6.61 Å². The van der Waals surface area contributed by atoms with Crippen LogP contribution in [0.25, 0.3) is 0 Å². The zero-order valence-electron chi connectivity index (χ0n) is 10.4. The van der Waals surface area contributed by atoms with Crippen molar-refractivity contribution in [2.45, 2.75) is 32.1 Å². The van der Waals surface area contributed by atoms with Crippen LogP contribution in [-0.2, 0) is 0 Å². The highest BCUT2D eigenvalue weighted by molar-refractivity contribution is 4.72. The highest BCUT2D eigenvalue weighted by Crippen LogP contribution is 2.16. The molecule has 0 unspecified atom stereocenters. The minimum atomic E-state index is 0.390. The Hall–Kier alpha value is -0.120. The number of aliphatic hydroxyl groups excluding tert-OH is 1. The number of piperidine rings is 1. The Bertz CT molecular complexity index is 184. The fourth-order valence-corrected chi connectivity index (χ4v) is 2.92. The number of nitrogens with zero attached hydrogens (tertiary/aromatic N) is 2. The van der Waals surface area contributed by atoms with Gasteiger partial charge in [-0.3, -0.25) is 0 Å². The van der Waals surface area contributed by atoms with E-state index in [0.717, 1.165) is 0 Å². The molecular formula is C13H26N2O. The van der Waals surface area contributed by atoms with Gasteiger partial charge in [0.15, 0.2) is 0 Å². The van der Waals surface area contributed by atoms with Gasteiger partial charge in [-0.05, 0) is 77.3 Å². The van der Waals surface area contributed by atoms with Gasteiger partial charge in [0.1, 0.15) is 0 Å². The van der Waals surface area contributed by atoms with Gasteiger partial charge in [0.05, 0.1) is 0 Å². The molecule has 2 heterocycles. The number of hydrogen-bond acceptors (Lipinski definition) is 3. The summed E-state index contributed by atoms with van der Waals surface area (Å²) in [5.41, 5.74) is 0. The molecule has 2 rings (SSSR count). The largest absolute Gasteiger partial charge is 0.396 e. The van der Waals surface area contributed by atoms with Crippen LogP contribution >= 0.6 is 0 Å². The molecule has 0 aromatic carbocycles. The molecule has 3 heteroatoms. The predicted molar refractivity (Wildman–Crippen MR) is 66.5 cm³/mol. The molecule has 0 amide bonds. The Kier molecular flexibility index (Phi) is 5.07. The van der Waals surface area contributed by atoms with Crippen molar-refractivity contribution in [3.63, 3.8) is 0 Å². The summed E-state index contributed by atoms with van der Waals surface area (Å²) >= 11 is 0. The fraction of sp³-hybridized carbons (Fsp3) is 1.00. The molecule has 0 spiro atoms. The van der Waals surface area contributed by atoms with E-state index in [1.165, 1.54) is 71.4 Å². The van der Waals surface area contributed by atoms with Crippen molar-refractivity contribution in [3.05, 3.63) is 0 Å². The van der Waals surface area contributed by atoms with Crippen LogP contribution in [0.2, 0.25) is 0 Å². The number of aliphatic hydroxyl groups is 1. The second-order valence-electron chi connectivity index (χ2n) is 5.37. The van der Waals surface area contributed by atoms with Gasteiger partial charge in [0.2, 0.25) is 0 Å². The Morgan fingerprint density at radius 3 is 2.00 bits per heavy atom. The maximum atomic E-state index is 9.07. The first-order chi connectivity index (χ1) is 7.88. The monoisotopic (exact) mass is 226 g/mol. The first-order valence-corrected chi connectivity index (χ1v) is 6.94. The van der Waals surface area contributed by atoms with E-state index in [-0.39, 0.29) is 0 Å². The fourth-order valence-electron chi connectivity index (χ4n) is 2.92. The van der Waals surface area contributed by atoms with Gasteiger partial charge < -0.3 is 14.9 Å². The van der Waals surface area contributed by atoms with Crippen molar-refractivity contribution >= 4 is 0 Å². The van der Waals surface area contributed by atoms with Crippen molar-refractivity contribution < 1.29 is 5.11 Å². The standard InChI is InChI=1S/C13H26N2O/c16-12-13-4-10-15(11-5-13)9-3-8-14-6-1-2-7-14/h13,16H,1-12H2. The summed E-state index contributed by atoms with van der Waals surface area (Å²) in [6.07, 6.45) is 6.52. The molecule has 0 radical (unpaired) electrons. The van der Waals surface area contributed by atoms with E-state index >= 15 is 0 Å². The molecule has 2 fully saturated rings. The van der Waals surface area contributed by atoms with Crippen LogP contribution in [0, 0.1) is 5.92 Å². The van der Waals surface area contributed by atoms with Crippen molar-refractivity contribution in [1.29, 1.82) is 0 Å². The Morgan fingerprint density at radius 2 is 1.44 bits per heavy atom. The third kappa shape index (κ3) is 3.72. The Morgan fingerprint density at radius 1 is 0.875 bits per heavy atom. The smallest absolute Gasteiger partial charge is 0.0460 e. The van der Waals surface area contributed by atoms with Crippen LogP contribution < -0.4 is 0 Å². The molecule has 0 atom stereocenters. The van der Waals surface area contributed by atoms with Gasteiger partial charge in [0.25, 0.3) is 0 Å². The molecule has 0 bridgehead atoms. The van der Waals surface area contributed by atoms with Gasteiger partial charge in [-0.2, -0.15) is 0 Å². The maximum Gasteiger partial charge on any atom is 0.0460 e. The normalized spacial score (nSPS) is 25.3. The minimum Gasteiger partial charge on any atom is -0.396 e. The van der Waals surface area contributed by atoms with E-state index in [9.17, 15) is 0 Å². The molecule has 16 heavy (non-hydrogen) atoms. The molecule has 0 aromatic rings. The lowest BCUT2D eigenvalue weighted by molar-refractivity contribution is 0.128. The molecule has 0 aromatic heterocycles. The molecule has 2 aliphatic rings. The van der Waals surface area contributed by atoms with E-state index in [1.807, 2.05) is 0 Å². The Balaban J connectivity index is 1.53. The summed E-state index contributed by atoms with van der Waals surface area (Å²) in [5, 5.41) is 9.07. The van der Waals surface area contributed by atoms with E-state index in [2.05, 4.69) is 9.80 Å². The van der Waals surface area contributed by atoms with E-state index in [4.69, 9.17) is 5.11 Å². The van der Waals surface area contributed by atoms with E-state index in [0.29, 0.717) is 12.5 Å². The summed E-state index contributed by atoms with van der Waals surface area (Å²) in [5.74, 6) is 0.579. The molecule has 0 aliphatic carbocycles. The number of rotatable bonds is 5. The second kappa shape index (κ2) is 6.58. The summed E-state index contributed by atoms with van der Waals surface area (Å²) < 4.78 is 0. The summed E-state index contributed by atoms with van der Waals surface area (Å²) in [4.78, 5) is 5.17. The van der Waals surface area contributed by atoms with Crippen molar-refractivity contribution in [2.24, 2.45) is 5.92 Å². The third-order valence-corrected chi connectivity index (χ3v) is 4.11. The quantitative estimate of drug-likeness (QED) is 0.762. The zero-order chi connectivity index (χ0) is 11.2. The molecule has 2 saturated heterocycles. The topological polar surface area (TPSA) is 26.7 Å². The van der Waals surface area contributed by atoms with Gasteiger partial charge >= 0.3 is 0 Å². The lowest BCUT2D eigenvalue weighted by atomic mass is 9.98. The van der Waals surface area contributed by atoms with Gasteiger partial charge in [-0.1, -0.05) is 0 Å². The molecule has 2 aliphatic heterocycles. The molecule has 94 valence electrons. The van der Waals surface area contributed by atoms with Crippen LogP contribution in [0.1, 0.15) is 32.1 Å². The van der Waals surface area contributed by atoms with E-state index < -0.39 is 0 Å². The first-order valence-electron chi connectivity index (χ1n) is 6.94. The van der Waals surface area contributed by atoms with Crippen LogP contribution in [-0.4, -0.2) is 60.8 Å². The second-order valence-corrected chi connectivity index (χ2v) is 5.37. The minimum absolute atomic E-state index is 0.390. The van der Waals surface area contributed by atoms with Crippen molar-refractivity contribution in [2.75, 3.05) is 45.9 Å². The predicted octanol–water partition coefficient (Wildman–Crippen LogP) is 1.18. The zero-order valence-corrected chi connectivity index (χ0v) is 10.4. The highest BCUT2D eigenvalue weighted by Gasteiger charge is 2.18. The average Bonchev–Trinajstić information content (AvgIpc) is 2.83. The number of hydrogen-bond donors (Lipinski definition) is 1. The molecule has 0 saturated carbocycles. The SMILES string of the molecule is OCC1CCN(CCCN2CCCC2)CC1. The first kappa shape index (κ1) is 12.3.